The highest BCUT2D eigenvalue weighted by molar-refractivity contribution is 5.30. The van der Waals surface area contributed by atoms with Crippen molar-refractivity contribution in [2.75, 3.05) is 18.0 Å². The molecule has 1 aliphatic carbocycles. The predicted molar refractivity (Wildman–Crippen MR) is 69.4 cm³/mol. The largest absolute Gasteiger partial charge is 0.407 e. The van der Waals surface area contributed by atoms with Gasteiger partial charge in [-0.1, -0.05) is 24.9 Å². The Labute approximate surface area is 108 Å². The zero-order valence-corrected chi connectivity index (χ0v) is 11.1. The molecule has 18 heavy (non-hydrogen) atoms. The second kappa shape index (κ2) is 5.26. The molecule has 0 bridgehead atoms. The lowest BCUT2D eigenvalue weighted by molar-refractivity contribution is 0.333. The molecule has 1 saturated heterocycles. The Morgan fingerprint density at radius 2 is 2.17 bits per heavy atom. The van der Waals surface area contributed by atoms with Crippen LogP contribution in [0.25, 0.3) is 0 Å². The molecule has 100 valence electrons. The minimum absolute atomic E-state index is 0.645. The summed E-state index contributed by atoms with van der Waals surface area (Å²) in [7, 11) is 0. The second-order valence-electron chi connectivity index (χ2n) is 5.35. The van der Waals surface area contributed by atoms with Crippen LogP contribution in [-0.4, -0.2) is 29.3 Å². The number of nitrogens with zero attached hydrogens (tertiary/aromatic N) is 3. The Hall–Kier alpha value is -1.10. The Bertz CT molecular complexity index is 392. The maximum atomic E-state index is 5.76. The molecule has 2 fully saturated rings. The number of anilines is 1. The summed E-state index contributed by atoms with van der Waals surface area (Å²) in [5.41, 5.74) is 0. The van der Waals surface area contributed by atoms with E-state index in [2.05, 4.69) is 27.3 Å². The topological polar surface area (TPSA) is 54.2 Å². The third-order valence-corrected chi connectivity index (χ3v) is 4.24. The van der Waals surface area contributed by atoms with Crippen molar-refractivity contribution in [3.63, 3.8) is 0 Å². The van der Waals surface area contributed by atoms with Crippen molar-refractivity contribution < 1.29 is 4.42 Å². The van der Waals surface area contributed by atoms with Crippen LogP contribution in [0.15, 0.2) is 4.42 Å². The molecule has 2 heterocycles. The van der Waals surface area contributed by atoms with Gasteiger partial charge >= 0.3 is 6.01 Å². The lowest BCUT2D eigenvalue weighted by Gasteiger charge is -2.30. The fraction of sp³-hybridized carbons (Fsp3) is 0.846. The first-order chi connectivity index (χ1) is 8.88. The summed E-state index contributed by atoms with van der Waals surface area (Å²) in [5.74, 6) is 1.55. The van der Waals surface area contributed by atoms with Crippen molar-refractivity contribution in [2.24, 2.45) is 5.92 Å². The number of fused-ring (bicyclic) bond motifs is 1. The van der Waals surface area contributed by atoms with Crippen molar-refractivity contribution in [3.05, 3.63) is 5.89 Å². The summed E-state index contributed by atoms with van der Waals surface area (Å²) in [6.45, 7) is 4.75. The van der Waals surface area contributed by atoms with Crippen molar-refractivity contribution in [1.82, 2.24) is 15.5 Å². The molecular formula is C13H22N4O. The fourth-order valence-corrected chi connectivity index (χ4v) is 3.31. The lowest BCUT2D eigenvalue weighted by Crippen LogP contribution is -2.34. The predicted octanol–water partition coefficient (Wildman–Crippen LogP) is 1.95. The molecular weight excluding hydrogens is 228 g/mol. The average Bonchev–Trinajstić information content (AvgIpc) is 3.02. The molecule has 5 heteroatoms. The molecule has 1 N–H and O–H groups in total. The van der Waals surface area contributed by atoms with E-state index in [0.29, 0.717) is 18.5 Å². The molecule has 0 aromatic carbocycles. The zero-order chi connectivity index (χ0) is 12.4. The van der Waals surface area contributed by atoms with E-state index < -0.39 is 0 Å². The van der Waals surface area contributed by atoms with Crippen LogP contribution < -0.4 is 10.2 Å². The third-order valence-electron chi connectivity index (χ3n) is 4.24. The van der Waals surface area contributed by atoms with Gasteiger partial charge in [-0.15, -0.1) is 5.10 Å². The molecule has 1 aromatic heterocycles. The van der Waals surface area contributed by atoms with E-state index in [4.69, 9.17) is 4.42 Å². The van der Waals surface area contributed by atoms with Crippen molar-refractivity contribution in [1.29, 1.82) is 0 Å². The summed E-state index contributed by atoms with van der Waals surface area (Å²) >= 11 is 0. The van der Waals surface area contributed by atoms with Gasteiger partial charge in [-0.3, -0.25) is 0 Å². The van der Waals surface area contributed by atoms with Crippen LogP contribution in [0.1, 0.15) is 44.9 Å². The monoisotopic (exact) mass is 250 g/mol. The van der Waals surface area contributed by atoms with E-state index in [1.54, 1.807) is 0 Å². The number of nitrogens with one attached hydrogen (secondary N) is 1. The van der Waals surface area contributed by atoms with Crippen molar-refractivity contribution in [2.45, 2.75) is 51.6 Å². The quantitative estimate of drug-likeness (QED) is 0.885. The van der Waals surface area contributed by atoms with Gasteiger partial charge < -0.3 is 14.6 Å². The summed E-state index contributed by atoms with van der Waals surface area (Å²) in [6, 6.07) is 1.38. The van der Waals surface area contributed by atoms with Crippen LogP contribution in [0.2, 0.25) is 0 Å². The Kier molecular flexibility index (Phi) is 3.50. The van der Waals surface area contributed by atoms with Gasteiger partial charge in [0, 0.05) is 12.6 Å². The zero-order valence-electron chi connectivity index (χ0n) is 11.1. The Morgan fingerprint density at radius 3 is 3.06 bits per heavy atom. The van der Waals surface area contributed by atoms with Gasteiger partial charge in [0.2, 0.25) is 5.89 Å². The lowest BCUT2D eigenvalue weighted by atomic mass is 9.85. The van der Waals surface area contributed by atoms with Crippen molar-refractivity contribution in [3.8, 4) is 0 Å². The number of aromatic nitrogens is 2. The molecule has 5 nitrogen and oxygen atoms in total. The van der Waals surface area contributed by atoms with Gasteiger partial charge in [-0.05, 0) is 31.7 Å². The van der Waals surface area contributed by atoms with Gasteiger partial charge in [0.05, 0.1) is 6.54 Å². The number of hydrogen-bond donors (Lipinski definition) is 1. The summed E-state index contributed by atoms with van der Waals surface area (Å²) in [4.78, 5) is 2.34. The highest BCUT2D eigenvalue weighted by atomic mass is 16.4. The SMILES string of the molecule is CCNCc1nnc(N2CCC3CCCCC32)o1. The van der Waals surface area contributed by atoms with Gasteiger partial charge in [-0.2, -0.15) is 0 Å². The molecule has 0 radical (unpaired) electrons. The molecule has 3 rings (SSSR count). The molecule has 1 aliphatic heterocycles. The van der Waals surface area contributed by atoms with Crippen molar-refractivity contribution >= 4 is 6.01 Å². The first-order valence-corrected chi connectivity index (χ1v) is 7.18. The molecule has 2 aliphatic rings. The van der Waals surface area contributed by atoms with Crippen LogP contribution in [0.3, 0.4) is 0 Å². The molecule has 0 amide bonds. The fourth-order valence-electron chi connectivity index (χ4n) is 3.31. The van der Waals surface area contributed by atoms with Gasteiger partial charge in [-0.25, -0.2) is 0 Å². The maximum Gasteiger partial charge on any atom is 0.318 e. The third kappa shape index (κ3) is 2.23. The van der Waals surface area contributed by atoms with Crippen LogP contribution in [-0.2, 0) is 6.54 Å². The van der Waals surface area contributed by atoms with E-state index in [0.717, 1.165) is 25.0 Å². The second-order valence-corrected chi connectivity index (χ2v) is 5.35. The summed E-state index contributed by atoms with van der Waals surface area (Å²) in [5, 5.41) is 11.5. The Balaban J connectivity index is 1.68. The smallest absolute Gasteiger partial charge is 0.318 e. The highest BCUT2D eigenvalue weighted by Gasteiger charge is 2.37. The molecule has 1 aromatic rings. The van der Waals surface area contributed by atoms with Crippen LogP contribution in [0.4, 0.5) is 6.01 Å². The number of rotatable bonds is 4. The molecule has 2 unspecified atom stereocenters. The van der Waals surface area contributed by atoms with E-state index >= 15 is 0 Å². The average molecular weight is 250 g/mol. The van der Waals surface area contributed by atoms with Gasteiger partial charge in [0.25, 0.3) is 0 Å². The van der Waals surface area contributed by atoms with E-state index in [-0.39, 0.29) is 0 Å². The normalized spacial score (nSPS) is 27.5. The standard InChI is InChI=1S/C13H22N4O/c1-2-14-9-12-15-16-13(18-12)17-8-7-10-5-3-4-6-11(10)17/h10-11,14H,2-9H2,1H3. The first kappa shape index (κ1) is 12.0. The van der Waals surface area contributed by atoms with Crippen LogP contribution in [0.5, 0.6) is 0 Å². The van der Waals surface area contributed by atoms with E-state index in [1.807, 2.05) is 0 Å². The highest BCUT2D eigenvalue weighted by Crippen LogP contribution is 2.38. The molecule has 1 saturated carbocycles. The van der Waals surface area contributed by atoms with Crippen LogP contribution >= 0.6 is 0 Å². The summed E-state index contributed by atoms with van der Waals surface area (Å²) < 4.78 is 5.76. The molecule has 0 spiro atoms. The Morgan fingerprint density at radius 1 is 1.28 bits per heavy atom. The van der Waals surface area contributed by atoms with E-state index in [1.165, 1.54) is 32.1 Å². The number of hydrogen-bond acceptors (Lipinski definition) is 5. The minimum Gasteiger partial charge on any atom is -0.407 e. The molecule has 2 atom stereocenters. The maximum absolute atomic E-state index is 5.76. The first-order valence-electron chi connectivity index (χ1n) is 7.18. The van der Waals surface area contributed by atoms with Gasteiger partial charge in [0.15, 0.2) is 0 Å². The van der Waals surface area contributed by atoms with Gasteiger partial charge in [0.1, 0.15) is 0 Å². The minimum atomic E-state index is 0.645. The van der Waals surface area contributed by atoms with Crippen LogP contribution in [0, 0.1) is 5.92 Å². The van der Waals surface area contributed by atoms with E-state index in [9.17, 15) is 0 Å². The summed E-state index contributed by atoms with van der Waals surface area (Å²) in [6.07, 6.45) is 6.69.